The highest BCUT2D eigenvalue weighted by atomic mass is 32.1. The predicted molar refractivity (Wildman–Crippen MR) is 54.2 cm³/mol. The normalized spacial score (nSPS) is 29.1. The highest BCUT2D eigenvalue weighted by molar-refractivity contribution is 7.80. The van der Waals surface area contributed by atoms with E-state index in [1.807, 2.05) is 4.90 Å². The minimum Gasteiger partial charge on any atom is -0.348 e. The van der Waals surface area contributed by atoms with Gasteiger partial charge in [-0.05, 0) is 11.7 Å². The first-order chi connectivity index (χ1) is 6.79. The zero-order valence-electron chi connectivity index (χ0n) is 8.02. The Balaban J connectivity index is 1.82. The van der Waals surface area contributed by atoms with Gasteiger partial charge < -0.3 is 14.4 Å². The zero-order chi connectivity index (χ0) is 9.97. The number of rotatable bonds is 3. The van der Waals surface area contributed by atoms with Gasteiger partial charge in [-0.25, -0.2) is 0 Å². The third kappa shape index (κ3) is 2.21. The topological polar surface area (TPSA) is 38.8 Å². The molecule has 0 N–H and O–H groups in total. The molecule has 2 heterocycles. The van der Waals surface area contributed by atoms with Gasteiger partial charge >= 0.3 is 0 Å². The van der Waals surface area contributed by atoms with Crippen LogP contribution in [-0.4, -0.2) is 49.2 Å². The molecule has 0 aliphatic carbocycles. The lowest BCUT2D eigenvalue weighted by Gasteiger charge is -2.19. The van der Waals surface area contributed by atoms with E-state index in [0.717, 1.165) is 12.3 Å². The number of carbonyl (C=O) groups excluding carboxylic acids is 1. The summed E-state index contributed by atoms with van der Waals surface area (Å²) in [6.45, 7) is 2.65. The van der Waals surface area contributed by atoms with Crippen molar-refractivity contribution in [2.24, 2.45) is 5.92 Å². The molecule has 14 heavy (non-hydrogen) atoms. The number of thiol groups is 1. The van der Waals surface area contributed by atoms with Crippen LogP contribution in [0, 0.1) is 5.92 Å². The van der Waals surface area contributed by atoms with Crippen LogP contribution < -0.4 is 0 Å². The molecule has 2 aliphatic rings. The highest BCUT2D eigenvalue weighted by Gasteiger charge is 2.31. The summed E-state index contributed by atoms with van der Waals surface area (Å²) in [5, 5.41) is 0. The number of likely N-dealkylation sites (tertiary alicyclic amines) is 1. The van der Waals surface area contributed by atoms with Gasteiger partial charge in [-0.2, -0.15) is 12.6 Å². The first kappa shape index (κ1) is 10.3. The second-order valence-corrected chi connectivity index (χ2v) is 4.09. The number of hydrogen-bond donors (Lipinski definition) is 1. The van der Waals surface area contributed by atoms with E-state index in [-0.39, 0.29) is 12.2 Å². The van der Waals surface area contributed by atoms with Crippen LogP contribution in [0.4, 0.5) is 0 Å². The first-order valence-corrected chi connectivity index (χ1v) is 5.54. The van der Waals surface area contributed by atoms with Crippen LogP contribution in [0.25, 0.3) is 0 Å². The smallest absolute Gasteiger partial charge is 0.223 e. The molecular weight excluding hydrogens is 202 g/mol. The summed E-state index contributed by atoms with van der Waals surface area (Å²) in [7, 11) is 0. The Bertz CT molecular complexity index is 218. The van der Waals surface area contributed by atoms with E-state index in [1.165, 1.54) is 0 Å². The Labute approximate surface area is 89.0 Å². The summed E-state index contributed by atoms with van der Waals surface area (Å²) in [5.74, 6) is 1.37. The van der Waals surface area contributed by atoms with Crippen molar-refractivity contribution in [2.75, 3.05) is 32.1 Å². The average molecular weight is 217 g/mol. The van der Waals surface area contributed by atoms with Gasteiger partial charge in [-0.3, -0.25) is 4.79 Å². The van der Waals surface area contributed by atoms with Crippen LogP contribution in [0.2, 0.25) is 0 Å². The molecule has 2 saturated heterocycles. The molecule has 0 spiro atoms. The summed E-state index contributed by atoms with van der Waals surface area (Å²) >= 11 is 4.20. The summed E-state index contributed by atoms with van der Waals surface area (Å²) < 4.78 is 10.6. The van der Waals surface area contributed by atoms with Crippen LogP contribution in [-0.2, 0) is 14.3 Å². The van der Waals surface area contributed by atoms with Gasteiger partial charge in [0, 0.05) is 13.0 Å². The van der Waals surface area contributed by atoms with Gasteiger partial charge in [0.1, 0.15) is 0 Å². The maximum atomic E-state index is 11.5. The van der Waals surface area contributed by atoms with E-state index in [9.17, 15) is 4.79 Å². The molecule has 2 fully saturated rings. The Morgan fingerprint density at radius 1 is 1.43 bits per heavy atom. The molecule has 0 aromatic carbocycles. The van der Waals surface area contributed by atoms with Crippen molar-refractivity contribution in [2.45, 2.75) is 12.7 Å². The maximum absolute atomic E-state index is 11.5. The Kier molecular flexibility index (Phi) is 3.30. The quantitative estimate of drug-likeness (QED) is 0.683. The Morgan fingerprint density at radius 3 is 2.71 bits per heavy atom. The Hall–Kier alpha value is -0.260. The van der Waals surface area contributed by atoms with Gasteiger partial charge in [0.15, 0.2) is 6.29 Å². The molecule has 1 amide bonds. The van der Waals surface area contributed by atoms with Crippen LogP contribution >= 0.6 is 12.6 Å². The molecule has 1 unspecified atom stereocenters. The molecule has 1 atom stereocenters. The van der Waals surface area contributed by atoms with Gasteiger partial charge in [-0.1, -0.05) is 0 Å². The SMILES string of the molecule is O=C1CC(CS)CN1CC1OCCO1. The van der Waals surface area contributed by atoms with E-state index in [1.54, 1.807) is 0 Å². The van der Waals surface area contributed by atoms with E-state index in [0.29, 0.717) is 32.1 Å². The van der Waals surface area contributed by atoms with E-state index < -0.39 is 0 Å². The van der Waals surface area contributed by atoms with E-state index in [4.69, 9.17) is 9.47 Å². The van der Waals surface area contributed by atoms with Gasteiger partial charge in [0.05, 0.1) is 19.8 Å². The summed E-state index contributed by atoms with van der Waals surface area (Å²) in [5.41, 5.74) is 0. The lowest BCUT2D eigenvalue weighted by atomic mass is 10.1. The van der Waals surface area contributed by atoms with Crippen LogP contribution in [0.15, 0.2) is 0 Å². The van der Waals surface area contributed by atoms with Gasteiger partial charge in [0.2, 0.25) is 5.91 Å². The van der Waals surface area contributed by atoms with E-state index >= 15 is 0 Å². The fourth-order valence-electron chi connectivity index (χ4n) is 1.85. The monoisotopic (exact) mass is 217 g/mol. The molecule has 0 saturated carbocycles. The maximum Gasteiger partial charge on any atom is 0.223 e. The molecular formula is C9H15NO3S. The molecule has 0 aromatic rings. The number of amides is 1. The fraction of sp³-hybridized carbons (Fsp3) is 0.889. The number of ether oxygens (including phenoxy) is 2. The lowest BCUT2D eigenvalue weighted by molar-refractivity contribution is -0.133. The molecule has 80 valence electrons. The largest absolute Gasteiger partial charge is 0.348 e. The first-order valence-electron chi connectivity index (χ1n) is 4.91. The van der Waals surface area contributed by atoms with E-state index in [2.05, 4.69) is 12.6 Å². The van der Waals surface area contributed by atoms with Crippen molar-refractivity contribution in [3.05, 3.63) is 0 Å². The molecule has 0 bridgehead atoms. The second-order valence-electron chi connectivity index (χ2n) is 3.72. The third-order valence-electron chi connectivity index (χ3n) is 2.61. The fourth-order valence-corrected chi connectivity index (χ4v) is 2.09. The highest BCUT2D eigenvalue weighted by Crippen LogP contribution is 2.20. The van der Waals surface area contributed by atoms with Gasteiger partial charge in [0.25, 0.3) is 0 Å². The van der Waals surface area contributed by atoms with Crippen molar-refractivity contribution in [1.29, 1.82) is 0 Å². The van der Waals surface area contributed by atoms with Crippen molar-refractivity contribution in [1.82, 2.24) is 4.90 Å². The van der Waals surface area contributed by atoms with Crippen molar-refractivity contribution in [3.63, 3.8) is 0 Å². The number of carbonyl (C=O) groups is 1. The summed E-state index contributed by atoms with van der Waals surface area (Å²) in [6.07, 6.45) is 0.411. The minimum atomic E-state index is -0.211. The average Bonchev–Trinajstić information content (AvgIpc) is 2.78. The predicted octanol–water partition coefficient (Wildman–Crippen LogP) is 0.138. The van der Waals surface area contributed by atoms with Crippen LogP contribution in [0.1, 0.15) is 6.42 Å². The summed E-state index contributed by atoms with van der Waals surface area (Å²) in [4.78, 5) is 13.3. The molecule has 0 aromatic heterocycles. The molecule has 5 heteroatoms. The number of hydrogen-bond acceptors (Lipinski definition) is 4. The van der Waals surface area contributed by atoms with Crippen LogP contribution in [0.5, 0.6) is 0 Å². The molecule has 2 rings (SSSR count). The molecule has 4 nitrogen and oxygen atoms in total. The van der Waals surface area contributed by atoms with Gasteiger partial charge in [-0.15, -0.1) is 0 Å². The number of nitrogens with zero attached hydrogens (tertiary/aromatic N) is 1. The van der Waals surface area contributed by atoms with Crippen molar-refractivity contribution >= 4 is 18.5 Å². The summed E-state index contributed by atoms with van der Waals surface area (Å²) in [6, 6.07) is 0. The van der Waals surface area contributed by atoms with Crippen molar-refractivity contribution in [3.8, 4) is 0 Å². The standard InChI is InChI=1S/C9H15NO3S/c11-8-3-7(6-14)4-10(8)5-9-12-1-2-13-9/h7,9,14H,1-6H2. The Morgan fingerprint density at radius 2 is 2.14 bits per heavy atom. The van der Waals surface area contributed by atoms with Crippen molar-refractivity contribution < 1.29 is 14.3 Å². The lowest BCUT2D eigenvalue weighted by Crippen LogP contribution is -2.34. The molecule has 0 radical (unpaired) electrons. The second kappa shape index (κ2) is 4.51. The molecule has 2 aliphatic heterocycles. The van der Waals surface area contributed by atoms with Crippen LogP contribution in [0.3, 0.4) is 0 Å². The third-order valence-corrected chi connectivity index (χ3v) is 3.13. The zero-order valence-corrected chi connectivity index (χ0v) is 8.91. The minimum absolute atomic E-state index is 0.197.